The number of carbonyl (C=O) groups is 1. The Bertz CT molecular complexity index is 608. The molecule has 0 atom stereocenters. The molecule has 1 saturated heterocycles. The molecule has 0 saturated carbocycles. The quantitative estimate of drug-likeness (QED) is 0.727. The molecule has 4 nitrogen and oxygen atoms in total. The molecule has 0 N–H and O–H groups in total. The van der Waals surface area contributed by atoms with E-state index in [9.17, 15) is 4.79 Å². The van der Waals surface area contributed by atoms with Crippen molar-refractivity contribution in [3.63, 3.8) is 0 Å². The van der Waals surface area contributed by atoms with Gasteiger partial charge in [0, 0.05) is 50.5 Å². The molecule has 0 radical (unpaired) electrons. The number of hydrogen-bond donors (Lipinski definition) is 0. The molecule has 1 amide bonds. The van der Waals surface area contributed by atoms with Crippen LogP contribution in [0.3, 0.4) is 0 Å². The summed E-state index contributed by atoms with van der Waals surface area (Å²) in [7, 11) is 0. The first-order valence-corrected chi connectivity index (χ1v) is 8.83. The zero-order valence-corrected chi connectivity index (χ0v) is 14.5. The number of carbonyl (C=O) groups excluding carboxylic acids is 1. The van der Waals surface area contributed by atoms with Crippen molar-refractivity contribution in [2.24, 2.45) is 0 Å². The summed E-state index contributed by atoms with van der Waals surface area (Å²) in [5, 5.41) is 1.95. The van der Waals surface area contributed by atoms with Crippen LogP contribution in [-0.4, -0.2) is 46.9 Å². The smallest absolute Gasteiger partial charge is 0.254 e. The lowest BCUT2D eigenvalue weighted by Gasteiger charge is -2.34. The Hall–Kier alpha value is -0.990. The first-order valence-electron chi connectivity index (χ1n) is 6.87. The molecule has 1 aliphatic heterocycles. The van der Waals surface area contributed by atoms with Gasteiger partial charge >= 0.3 is 0 Å². The zero-order chi connectivity index (χ0) is 14.7. The SMILES string of the molecule is O=C(c1csc(I)c1)N1CCN(Cc2ccncc2)CC1. The maximum atomic E-state index is 12.4. The van der Waals surface area contributed by atoms with Gasteiger partial charge in [0.05, 0.1) is 8.45 Å². The van der Waals surface area contributed by atoms with E-state index < -0.39 is 0 Å². The van der Waals surface area contributed by atoms with E-state index in [0.29, 0.717) is 0 Å². The average molecular weight is 413 g/mol. The molecule has 6 heteroatoms. The van der Waals surface area contributed by atoms with Crippen molar-refractivity contribution in [1.29, 1.82) is 0 Å². The molecule has 3 heterocycles. The van der Waals surface area contributed by atoms with E-state index in [1.165, 1.54) is 5.56 Å². The molecule has 0 aromatic carbocycles. The van der Waals surface area contributed by atoms with Gasteiger partial charge in [-0.3, -0.25) is 14.7 Å². The minimum absolute atomic E-state index is 0.165. The summed E-state index contributed by atoms with van der Waals surface area (Å²) >= 11 is 3.88. The fourth-order valence-corrected chi connectivity index (χ4v) is 3.78. The molecule has 0 bridgehead atoms. The highest BCUT2D eigenvalue weighted by molar-refractivity contribution is 14.1. The van der Waals surface area contributed by atoms with Crippen molar-refractivity contribution in [2.75, 3.05) is 26.2 Å². The summed E-state index contributed by atoms with van der Waals surface area (Å²) < 4.78 is 1.16. The third-order valence-corrected chi connectivity index (χ3v) is 5.42. The van der Waals surface area contributed by atoms with Crippen LogP contribution in [0.4, 0.5) is 0 Å². The lowest BCUT2D eigenvalue weighted by Crippen LogP contribution is -2.48. The zero-order valence-electron chi connectivity index (χ0n) is 11.5. The number of hydrogen-bond acceptors (Lipinski definition) is 4. The molecule has 0 aliphatic carbocycles. The van der Waals surface area contributed by atoms with Gasteiger partial charge in [-0.15, -0.1) is 11.3 Å². The molecule has 3 rings (SSSR count). The van der Waals surface area contributed by atoms with Gasteiger partial charge in [-0.05, 0) is 46.4 Å². The third kappa shape index (κ3) is 3.81. The molecule has 1 fully saturated rings. The number of piperazine rings is 1. The van der Waals surface area contributed by atoms with Crippen LogP contribution in [0.2, 0.25) is 0 Å². The largest absolute Gasteiger partial charge is 0.336 e. The van der Waals surface area contributed by atoms with Crippen LogP contribution in [0.1, 0.15) is 15.9 Å². The lowest BCUT2D eigenvalue weighted by atomic mass is 10.2. The Kier molecular flexibility index (Phi) is 4.87. The van der Waals surface area contributed by atoms with Gasteiger partial charge < -0.3 is 4.90 Å². The molecular weight excluding hydrogens is 397 g/mol. The number of pyridine rings is 1. The van der Waals surface area contributed by atoms with E-state index >= 15 is 0 Å². The Morgan fingerprint density at radius 2 is 1.95 bits per heavy atom. The van der Waals surface area contributed by atoms with Crippen molar-refractivity contribution in [1.82, 2.24) is 14.8 Å². The summed E-state index contributed by atoms with van der Waals surface area (Å²) in [5.41, 5.74) is 2.10. The number of thiophene rings is 1. The predicted molar refractivity (Wildman–Crippen MR) is 92.5 cm³/mol. The first kappa shape index (κ1) is 14.9. The van der Waals surface area contributed by atoms with Gasteiger partial charge in [-0.25, -0.2) is 0 Å². The minimum Gasteiger partial charge on any atom is -0.336 e. The highest BCUT2D eigenvalue weighted by Gasteiger charge is 2.22. The predicted octanol–water partition coefficient (Wildman–Crippen LogP) is 2.71. The van der Waals surface area contributed by atoms with Crippen LogP contribution >= 0.6 is 33.9 Å². The Morgan fingerprint density at radius 3 is 2.57 bits per heavy atom. The lowest BCUT2D eigenvalue weighted by molar-refractivity contribution is 0.0629. The number of amides is 1. The summed E-state index contributed by atoms with van der Waals surface area (Å²) in [4.78, 5) is 20.8. The average Bonchev–Trinajstić information content (AvgIpc) is 2.95. The van der Waals surface area contributed by atoms with Gasteiger partial charge in [0.25, 0.3) is 5.91 Å². The molecule has 0 spiro atoms. The molecular formula is C15H16IN3OS. The molecule has 0 unspecified atom stereocenters. The van der Waals surface area contributed by atoms with Crippen molar-refractivity contribution in [3.05, 3.63) is 50.0 Å². The van der Waals surface area contributed by atoms with E-state index in [-0.39, 0.29) is 5.91 Å². The summed E-state index contributed by atoms with van der Waals surface area (Å²) in [6, 6.07) is 6.06. The molecule has 2 aromatic heterocycles. The maximum absolute atomic E-state index is 12.4. The first-order chi connectivity index (χ1) is 10.2. The van der Waals surface area contributed by atoms with E-state index in [2.05, 4.69) is 32.5 Å². The van der Waals surface area contributed by atoms with E-state index in [0.717, 1.165) is 41.2 Å². The van der Waals surface area contributed by atoms with Crippen LogP contribution in [-0.2, 0) is 6.54 Å². The van der Waals surface area contributed by atoms with Crippen molar-refractivity contribution >= 4 is 39.8 Å². The highest BCUT2D eigenvalue weighted by atomic mass is 127. The summed E-state index contributed by atoms with van der Waals surface area (Å²) in [5.74, 6) is 0.165. The van der Waals surface area contributed by atoms with Crippen LogP contribution in [0.5, 0.6) is 0 Å². The van der Waals surface area contributed by atoms with E-state index in [1.54, 1.807) is 11.3 Å². The van der Waals surface area contributed by atoms with Crippen molar-refractivity contribution < 1.29 is 4.79 Å². The van der Waals surface area contributed by atoms with Crippen LogP contribution < -0.4 is 0 Å². The normalized spacial score (nSPS) is 16.1. The van der Waals surface area contributed by atoms with Crippen molar-refractivity contribution in [2.45, 2.75) is 6.54 Å². The number of rotatable bonds is 3. The molecule has 1 aliphatic rings. The molecule has 21 heavy (non-hydrogen) atoms. The molecule has 110 valence electrons. The number of nitrogens with zero attached hydrogens (tertiary/aromatic N) is 3. The maximum Gasteiger partial charge on any atom is 0.254 e. The topological polar surface area (TPSA) is 36.4 Å². The number of aromatic nitrogens is 1. The standard InChI is InChI=1S/C15H16IN3OS/c16-14-9-13(11-21-14)15(20)19-7-5-18(6-8-19)10-12-1-3-17-4-2-12/h1-4,9,11H,5-8,10H2. The Balaban J connectivity index is 1.54. The van der Waals surface area contributed by atoms with Gasteiger partial charge in [0.2, 0.25) is 0 Å². The minimum atomic E-state index is 0.165. The van der Waals surface area contributed by atoms with Crippen LogP contribution in [0.25, 0.3) is 0 Å². The van der Waals surface area contributed by atoms with Gasteiger partial charge in [-0.1, -0.05) is 0 Å². The van der Waals surface area contributed by atoms with E-state index in [1.807, 2.05) is 40.9 Å². The second-order valence-electron chi connectivity index (χ2n) is 5.06. The second kappa shape index (κ2) is 6.85. The Morgan fingerprint density at radius 1 is 1.24 bits per heavy atom. The van der Waals surface area contributed by atoms with Crippen molar-refractivity contribution in [3.8, 4) is 0 Å². The highest BCUT2D eigenvalue weighted by Crippen LogP contribution is 2.19. The summed E-state index contributed by atoms with van der Waals surface area (Å²) in [6.07, 6.45) is 3.65. The van der Waals surface area contributed by atoms with Gasteiger partial charge in [0.1, 0.15) is 0 Å². The van der Waals surface area contributed by atoms with Gasteiger partial charge in [0.15, 0.2) is 0 Å². The summed E-state index contributed by atoms with van der Waals surface area (Å²) in [6.45, 7) is 4.39. The third-order valence-electron chi connectivity index (χ3n) is 3.63. The number of halogens is 1. The monoisotopic (exact) mass is 413 g/mol. The second-order valence-corrected chi connectivity index (χ2v) is 7.87. The molecule has 2 aromatic rings. The van der Waals surface area contributed by atoms with Crippen LogP contribution in [0.15, 0.2) is 36.0 Å². The Labute approximate surface area is 141 Å². The fourth-order valence-electron chi connectivity index (χ4n) is 2.46. The van der Waals surface area contributed by atoms with Crippen LogP contribution in [0, 0.1) is 2.88 Å². The fraction of sp³-hybridized carbons (Fsp3) is 0.333. The van der Waals surface area contributed by atoms with Gasteiger partial charge in [-0.2, -0.15) is 0 Å². The van der Waals surface area contributed by atoms with E-state index in [4.69, 9.17) is 0 Å².